The van der Waals surface area contributed by atoms with Gasteiger partial charge >= 0.3 is 6.18 Å². The van der Waals surface area contributed by atoms with Gasteiger partial charge in [0.15, 0.2) is 0 Å². The molecule has 1 aliphatic rings. The third-order valence-electron chi connectivity index (χ3n) is 3.32. The van der Waals surface area contributed by atoms with Crippen LogP contribution in [0.5, 0.6) is 0 Å². The van der Waals surface area contributed by atoms with Gasteiger partial charge in [-0.3, -0.25) is 0 Å². The molecule has 0 amide bonds. The van der Waals surface area contributed by atoms with Gasteiger partial charge in [0.2, 0.25) is 0 Å². The van der Waals surface area contributed by atoms with Gasteiger partial charge in [-0.25, -0.2) is 4.98 Å². The monoisotopic (exact) mass is 344 g/mol. The predicted molar refractivity (Wildman–Crippen MR) is 81.5 cm³/mol. The second-order valence-corrected chi connectivity index (χ2v) is 5.51. The molecule has 0 aliphatic carbocycles. The first-order chi connectivity index (χ1) is 10.4. The van der Waals surface area contributed by atoms with Crippen LogP contribution in [0.3, 0.4) is 0 Å². The summed E-state index contributed by atoms with van der Waals surface area (Å²) in [5, 5.41) is 0.920. The zero-order valence-corrected chi connectivity index (χ0v) is 12.5. The van der Waals surface area contributed by atoms with Crippen molar-refractivity contribution in [1.82, 2.24) is 4.98 Å². The fourth-order valence-electron chi connectivity index (χ4n) is 2.31. The first kappa shape index (κ1) is 15.2. The van der Waals surface area contributed by atoms with E-state index >= 15 is 0 Å². The van der Waals surface area contributed by atoms with Crippen LogP contribution in [0.2, 0.25) is 5.02 Å². The normalized spacial score (nSPS) is 14.6. The number of para-hydroxylation sites is 1. The van der Waals surface area contributed by atoms with E-state index in [9.17, 15) is 13.2 Å². The lowest BCUT2D eigenvalue weighted by Gasteiger charge is -2.29. The van der Waals surface area contributed by atoms with Gasteiger partial charge in [0, 0.05) is 23.3 Å². The lowest BCUT2D eigenvalue weighted by Crippen LogP contribution is -2.23. The van der Waals surface area contributed by atoms with E-state index in [-0.39, 0.29) is 5.82 Å². The van der Waals surface area contributed by atoms with Crippen LogP contribution in [-0.4, -0.2) is 11.5 Å². The number of rotatable bonds is 1. The number of benzene rings is 1. The maximum atomic E-state index is 12.9. The summed E-state index contributed by atoms with van der Waals surface area (Å²) in [6.45, 7) is 0.296. The van der Waals surface area contributed by atoms with Crippen LogP contribution in [0, 0.1) is 0 Å². The third-order valence-corrected chi connectivity index (χ3v) is 3.98. The largest absolute Gasteiger partial charge is 0.416 e. The molecule has 0 spiro atoms. The standard InChI is InChI=1S/C15H9Cl2F3N2/c16-11-5-7-22(14-10(11)2-1-3-12(14)17)13-8-9(4-6-21-13)15(18,19)20/h1-6,8H,7H2. The molecule has 0 unspecified atom stereocenters. The molecule has 1 aromatic carbocycles. The molecular weight excluding hydrogens is 336 g/mol. The molecule has 22 heavy (non-hydrogen) atoms. The Morgan fingerprint density at radius 3 is 2.64 bits per heavy atom. The minimum atomic E-state index is -4.43. The van der Waals surface area contributed by atoms with Gasteiger partial charge < -0.3 is 4.90 Å². The SMILES string of the molecule is FC(F)(F)c1ccnc(N2CC=C(Cl)c3cccc(Cl)c32)c1. The fourth-order valence-corrected chi connectivity index (χ4v) is 2.80. The van der Waals surface area contributed by atoms with Crippen molar-refractivity contribution in [2.24, 2.45) is 0 Å². The van der Waals surface area contributed by atoms with Gasteiger partial charge in [0.05, 0.1) is 16.3 Å². The first-order valence-electron chi connectivity index (χ1n) is 6.33. The lowest BCUT2D eigenvalue weighted by atomic mass is 10.1. The van der Waals surface area contributed by atoms with E-state index in [0.717, 1.165) is 18.3 Å². The summed E-state index contributed by atoms with van der Waals surface area (Å²) in [5.74, 6) is 0.171. The molecule has 0 saturated carbocycles. The van der Waals surface area contributed by atoms with Gasteiger partial charge in [0.25, 0.3) is 0 Å². The van der Waals surface area contributed by atoms with Crippen molar-refractivity contribution in [1.29, 1.82) is 0 Å². The molecule has 0 radical (unpaired) electrons. The Labute approximate surface area is 134 Å². The van der Waals surface area contributed by atoms with Gasteiger partial charge in [-0.2, -0.15) is 13.2 Å². The quantitative estimate of drug-likeness (QED) is 0.680. The van der Waals surface area contributed by atoms with Crippen LogP contribution in [0.1, 0.15) is 11.1 Å². The number of pyridine rings is 1. The maximum Gasteiger partial charge on any atom is 0.416 e. The zero-order chi connectivity index (χ0) is 15.9. The third kappa shape index (κ3) is 2.66. The highest BCUT2D eigenvalue weighted by Crippen LogP contribution is 2.42. The van der Waals surface area contributed by atoms with Crippen molar-refractivity contribution < 1.29 is 13.2 Å². The van der Waals surface area contributed by atoms with E-state index in [2.05, 4.69) is 4.98 Å². The van der Waals surface area contributed by atoms with Crippen LogP contribution in [0.25, 0.3) is 5.03 Å². The first-order valence-corrected chi connectivity index (χ1v) is 7.09. The molecule has 7 heteroatoms. The topological polar surface area (TPSA) is 16.1 Å². The van der Waals surface area contributed by atoms with Crippen LogP contribution in [0.15, 0.2) is 42.6 Å². The molecule has 2 nitrogen and oxygen atoms in total. The Morgan fingerprint density at radius 1 is 1.14 bits per heavy atom. The van der Waals surface area contributed by atoms with E-state index in [4.69, 9.17) is 23.2 Å². The number of hydrogen-bond donors (Lipinski definition) is 0. The van der Waals surface area contributed by atoms with Gasteiger partial charge in [-0.1, -0.05) is 35.3 Å². The Bertz CT molecular complexity index is 757. The molecule has 2 aromatic rings. The van der Waals surface area contributed by atoms with Crippen molar-refractivity contribution in [3.63, 3.8) is 0 Å². The molecular formula is C15H9Cl2F3N2. The van der Waals surface area contributed by atoms with Crippen LogP contribution >= 0.6 is 23.2 Å². The molecule has 0 atom stereocenters. The summed E-state index contributed by atoms with van der Waals surface area (Å²) < 4.78 is 38.6. The summed E-state index contributed by atoms with van der Waals surface area (Å²) in [4.78, 5) is 5.65. The van der Waals surface area contributed by atoms with E-state index in [1.54, 1.807) is 29.2 Å². The molecule has 3 rings (SSSR count). The maximum absolute atomic E-state index is 12.9. The number of nitrogens with zero attached hydrogens (tertiary/aromatic N) is 2. The van der Waals surface area contributed by atoms with Crippen molar-refractivity contribution in [2.45, 2.75) is 6.18 Å². The highest BCUT2D eigenvalue weighted by molar-refractivity contribution is 6.50. The molecule has 0 N–H and O–H groups in total. The fraction of sp³-hybridized carbons (Fsp3) is 0.133. The molecule has 0 saturated heterocycles. The van der Waals surface area contributed by atoms with E-state index in [0.29, 0.717) is 27.9 Å². The summed E-state index contributed by atoms with van der Waals surface area (Å²) >= 11 is 12.4. The minimum Gasteiger partial charge on any atom is -0.321 e. The Balaban J connectivity index is 2.12. The molecule has 0 fully saturated rings. The van der Waals surface area contributed by atoms with Crippen LogP contribution in [0.4, 0.5) is 24.7 Å². The van der Waals surface area contributed by atoms with E-state index < -0.39 is 11.7 Å². The second kappa shape index (κ2) is 5.48. The van der Waals surface area contributed by atoms with E-state index in [1.165, 1.54) is 0 Å². The van der Waals surface area contributed by atoms with E-state index in [1.807, 2.05) is 0 Å². The summed E-state index contributed by atoms with van der Waals surface area (Å²) in [7, 11) is 0. The minimum absolute atomic E-state index is 0.171. The zero-order valence-electron chi connectivity index (χ0n) is 11.0. The Hall–Kier alpha value is -1.72. The van der Waals surface area contributed by atoms with Crippen LogP contribution in [-0.2, 0) is 6.18 Å². The number of anilines is 2. The number of alkyl halides is 3. The molecule has 1 aliphatic heterocycles. The second-order valence-electron chi connectivity index (χ2n) is 4.70. The molecule has 0 bridgehead atoms. The van der Waals surface area contributed by atoms with Gasteiger partial charge in [0.1, 0.15) is 5.82 Å². The van der Waals surface area contributed by atoms with Crippen molar-refractivity contribution in [3.05, 3.63) is 58.8 Å². The highest BCUT2D eigenvalue weighted by atomic mass is 35.5. The number of hydrogen-bond acceptors (Lipinski definition) is 2. The summed E-state index contributed by atoms with van der Waals surface area (Å²) in [5.41, 5.74) is 0.467. The van der Waals surface area contributed by atoms with Crippen LogP contribution < -0.4 is 4.90 Å². The predicted octanol–water partition coefficient (Wildman–Crippen LogP) is 5.49. The van der Waals surface area contributed by atoms with Crippen molar-refractivity contribution in [2.75, 3.05) is 11.4 Å². The molecule has 114 valence electrons. The molecule has 1 aromatic heterocycles. The number of aromatic nitrogens is 1. The summed E-state index contributed by atoms with van der Waals surface area (Å²) in [6.07, 6.45) is -1.58. The summed E-state index contributed by atoms with van der Waals surface area (Å²) in [6, 6.07) is 7.10. The lowest BCUT2D eigenvalue weighted by molar-refractivity contribution is -0.137. The van der Waals surface area contributed by atoms with Crippen molar-refractivity contribution >= 4 is 39.7 Å². The number of halogens is 5. The van der Waals surface area contributed by atoms with Gasteiger partial charge in [-0.15, -0.1) is 0 Å². The highest BCUT2D eigenvalue weighted by Gasteiger charge is 2.32. The van der Waals surface area contributed by atoms with Crippen molar-refractivity contribution in [3.8, 4) is 0 Å². The number of fused-ring (bicyclic) bond motifs is 1. The average Bonchev–Trinajstić information content (AvgIpc) is 2.48. The Kier molecular flexibility index (Phi) is 3.78. The Morgan fingerprint density at radius 2 is 1.91 bits per heavy atom. The molecule has 2 heterocycles. The van der Waals surface area contributed by atoms with Gasteiger partial charge in [-0.05, 0) is 24.3 Å². The average molecular weight is 345 g/mol. The smallest absolute Gasteiger partial charge is 0.321 e.